The average Bonchev–Trinajstić information content (AvgIpc) is 2.55. The fraction of sp³-hybridized carbons (Fsp3) is 0.333. The van der Waals surface area contributed by atoms with Crippen LogP contribution in [0.2, 0.25) is 0 Å². The highest BCUT2D eigenvalue weighted by molar-refractivity contribution is 6.02. The molecule has 0 unspecified atom stereocenters. The van der Waals surface area contributed by atoms with Crippen LogP contribution in [0, 0.1) is 11.8 Å². The van der Waals surface area contributed by atoms with Crippen LogP contribution in [0.15, 0.2) is 42.5 Å². The molecule has 4 heteroatoms. The molecule has 1 saturated carbocycles. The molecule has 2 aromatic rings. The van der Waals surface area contributed by atoms with Crippen LogP contribution in [0.25, 0.3) is 10.8 Å². The minimum Gasteiger partial charge on any atom is -0.481 e. The van der Waals surface area contributed by atoms with Crippen LogP contribution in [-0.2, 0) is 9.59 Å². The molecule has 1 aliphatic carbocycles. The second-order valence-electron chi connectivity index (χ2n) is 5.90. The average molecular weight is 297 g/mol. The van der Waals surface area contributed by atoms with Gasteiger partial charge in [0.05, 0.1) is 5.92 Å². The summed E-state index contributed by atoms with van der Waals surface area (Å²) in [5.41, 5.74) is 0.823. The van der Waals surface area contributed by atoms with Crippen LogP contribution in [-0.4, -0.2) is 17.0 Å². The fourth-order valence-corrected chi connectivity index (χ4v) is 3.17. The maximum Gasteiger partial charge on any atom is 0.306 e. The number of benzene rings is 2. The van der Waals surface area contributed by atoms with Gasteiger partial charge in [0, 0.05) is 17.0 Å². The minimum atomic E-state index is -0.743. The number of aliphatic carboxylic acids is 1. The number of hydrogen-bond acceptors (Lipinski definition) is 2. The third-order valence-corrected chi connectivity index (χ3v) is 4.49. The number of fused-ring (bicyclic) bond motifs is 1. The third kappa shape index (κ3) is 2.96. The lowest BCUT2D eigenvalue weighted by Gasteiger charge is -2.25. The largest absolute Gasteiger partial charge is 0.481 e. The smallest absolute Gasteiger partial charge is 0.306 e. The standard InChI is InChI=1S/C18H19NO3/c20-17(13-8-10-14(11-9-13)18(21)22)19-16-7-3-5-12-4-1-2-6-15(12)16/h1-7,13-14H,8-11H2,(H,19,20)(H,21,22). The van der Waals surface area contributed by atoms with E-state index < -0.39 is 5.97 Å². The SMILES string of the molecule is O=C(O)C1CCC(C(=O)Nc2cccc3ccccc23)CC1. The molecule has 1 aliphatic rings. The molecule has 22 heavy (non-hydrogen) atoms. The Morgan fingerprint density at radius 2 is 1.55 bits per heavy atom. The molecular weight excluding hydrogens is 278 g/mol. The second-order valence-corrected chi connectivity index (χ2v) is 5.90. The van der Waals surface area contributed by atoms with E-state index in [2.05, 4.69) is 5.32 Å². The summed E-state index contributed by atoms with van der Waals surface area (Å²) >= 11 is 0. The number of carboxylic acids is 1. The van der Waals surface area contributed by atoms with Crippen molar-refractivity contribution in [2.24, 2.45) is 11.8 Å². The predicted molar refractivity (Wildman–Crippen MR) is 85.7 cm³/mol. The quantitative estimate of drug-likeness (QED) is 0.908. The molecule has 0 atom stereocenters. The first-order valence-electron chi connectivity index (χ1n) is 7.66. The normalized spacial score (nSPS) is 21.5. The molecular formula is C18H19NO3. The number of anilines is 1. The number of rotatable bonds is 3. The summed E-state index contributed by atoms with van der Waals surface area (Å²) in [7, 11) is 0. The molecule has 4 nitrogen and oxygen atoms in total. The Labute approximate surface area is 129 Å². The number of nitrogens with one attached hydrogen (secondary N) is 1. The van der Waals surface area contributed by atoms with Gasteiger partial charge in [-0.1, -0.05) is 36.4 Å². The number of carbonyl (C=O) groups is 2. The van der Waals surface area contributed by atoms with E-state index in [1.165, 1.54) is 0 Å². The molecule has 0 spiro atoms. The van der Waals surface area contributed by atoms with E-state index in [-0.39, 0.29) is 17.7 Å². The first-order chi connectivity index (χ1) is 10.6. The van der Waals surface area contributed by atoms with Gasteiger partial charge in [-0.2, -0.15) is 0 Å². The van der Waals surface area contributed by atoms with Crippen LogP contribution in [0.4, 0.5) is 5.69 Å². The lowest BCUT2D eigenvalue weighted by Crippen LogP contribution is -2.29. The number of hydrogen-bond donors (Lipinski definition) is 2. The van der Waals surface area contributed by atoms with Gasteiger partial charge in [0.15, 0.2) is 0 Å². The van der Waals surface area contributed by atoms with Gasteiger partial charge in [0.2, 0.25) is 5.91 Å². The highest BCUT2D eigenvalue weighted by Crippen LogP contribution is 2.31. The molecule has 1 fully saturated rings. The predicted octanol–water partition coefficient (Wildman–Crippen LogP) is 3.67. The van der Waals surface area contributed by atoms with E-state index >= 15 is 0 Å². The molecule has 114 valence electrons. The summed E-state index contributed by atoms with van der Waals surface area (Å²) in [5, 5.41) is 14.1. The van der Waals surface area contributed by atoms with Crippen molar-refractivity contribution in [1.82, 2.24) is 0 Å². The zero-order chi connectivity index (χ0) is 15.5. The summed E-state index contributed by atoms with van der Waals surface area (Å²) in [6.07, 6.45) is 2.47. The fourth-order valence-electron chi connectivity index (χ4n) is 3.17. The van der Waals surface area contributed by atoms with Crippen molar-refractivity contribution in [1.29, 1.82) is 0 Å². The van der Waals surface area contributed by atoms with Gasteiger partial charge in [-0.3, -0.25) is 9.59 Å². The molecule has 0 heterocycles. The third-order valence-electron chi connectivity index (χ3n) is 4.49. The lowest BCUT2D eigenvalue weighted by atomic mass is 9.81. The molecule has 0 bridgehead atoms. The Morgan fingerprint density at radius 1 is 0.909 bits per heavy atom. The van der Waals surface area contributed by atoms with Crippen molar-refractivity contribution >= 4 is 28.3 Å². The van der Waals surface area contributed by atoms with Crippen LogP contribution in [0.5, 0.6) is 0 Å². The topological polar surface area (TPSA) is 66.4 Å². The Kier molecular flexibility index (Phi) is 4.09. The lowest BCUT2D eigenvalue weighted by molar-refractivity contribution is -0.143. The zero-order valence-corrected chi connectivity index (χ0v) is 12.3. The number of carboxylic acid groups (broad SMARTS) is 1. The molecule has 0 aliphatic heterocycles. The van der Waals surface area contributed by atoms with Crippen LogP contribution >= 0.6 is 0 Å². The van der Waals surface area contributed by atoms with Crippen molar-refractivity contribution < 1.29 is 14.7 Å². The van der Waals surface area contributed by atoms with Crippen molar-refractivity contribution in [3.05, 3.63) is 42.5 Å². The van der Waals surface area contributed by atoms with Crippen LogP contribution < -0.4 is 5.32 Å². The monoisotopic (exact) mass is 297 g/mol. The minimum absolute atomic E-state index is 0.000178. The van der Waals surface area contributed by atoms with Crippen molar-refractivity contribution in [3.63, 3.8) is 0 Å². The second kappa shape index (κ2) is 6.18. The van der Waals surface area contributed by atoms with Crippen molar-refractivity contribution in [3.8, 4) is 0 Å². The summed E-state index contributed by atoms with van der Waals surface area (Å²) in [6, 6.07) is 13.8. The van der Waals surface area contributed by atoms with E-state index in [1.54, 1.807) is 0 Å². The van der Waals surface area contributed by atoms with E-state index in [0.717, 1.165) is 16.5 Å². The Bertz CT molecular complexity index is 697. The summed E-state index contributed by atoms with van der Waals surface area (Å²) in [5.74, 6) is -1.12. The molecule has 1 amide bonds. The molecule has 2 N–H and O–H groups in total. The van der Waals surface area contributed by atoms with Crippen LogP contribution in [0.1, 0.15) is 25.7 Å². The van der Waals surface area contributed by atoms with Gasteiger partial charge in [0.25, 0.3) is 0 Å². The molecule has 2 aromatic carbocycles. The number of amides is 1. The Balaban J connectivity index is 1.70. The van der Waals surface area contributed by atoms with E-state index in [1.807, 2.05) is 42.5 Å². The maximum absolute atomic E-state index is 12.4. The zero-order valence-electron chi connectivity index (χ0n) is 12.3. The number of carbonyl (C=O) groups excluding carboxylic acids is 1. The highest BCUT2D eigenvalue weighted by atomic mass is 16.4. The summed E-state index contributed by atoms with van der Waals surface area (Å²) in [6.45, 7) is 0. The van der Waals surface area contributed by atoms with Gasteiger partial charge < -0.3 is 10.4 Å². The molecule has 3 rings (SSSR count). The summed E-state index contributed by atoms with van der Waals surface area (Å²) < 4.78 is 0. The Hall–Kier alpha value is -2.36. The van der Waals surface area contributed by atoms with E-state index in [9.17, 15) is 9.59 Å². The Morgan fingerprint density at radius 3 is 2.27 bits per heavy atom. The molecule has 0 radical (unpaired) electrons. The van der Waals surface area contributed by atoms with Crippen LogP contribution in [0.3, 0.4) is 0 Å². The first kappa shape index (κ1) is 14.6. The highest BCUT2D eigenvalue weighted by Gasteiger charge is 2.29. The van der Waals surface area contributed by atoms with Crippen molar-refractivity contribution in [2.75, 3.05) is 5.32 Å². The van der Waals surface area contributed by atoms with Gasteiger partial charge in [-0.15, -0.1) is 0 Å². The molecule has 0 aromatic heterocycles. The van der Waals surface area contributed by atoms with Gasteiger partial charge in [-0.25, -0.2) is 0 Å². The van der Waals surface area contributed by atoms with Gasteiger partial charge in [0.1, 0.15) is 0 Å². The maximum atomic E-state index is 12.4. The van der Waals surface area contributed by atoms with Gasteiger partial charge in [-0.05, 0) is 37.1 Å². The van der Waals surface area contributed by atoms with E-state index in [4.69, 9.17) is 5.11 Å². The van der Waals surface area contributed by atoms with E-state index in [0.29, 0.717) is 25.7 Å². The molecule has 0 saturated heterocycles. The first-order valence-corrected chi connectivity index (χ1v) is 7.66. The van der Waals surface area contributed by atoms with Gasteiger partial charge >= 0.3 is 5.97 Å². The summed E-state index contributed by atoms with van der Waals surface area (Å²) in [4.78, 5) is 23.4. The van der Waals surface area contributed by atoms with Crippen molar-refractivity contribution in [2.45, 2.75) is 25.7 Å².